The van der Waals surface area contributed by atoms with E-state index in [0.29, 0.717) is 6.42 Å². The molecule has 1 rings (SSSR count). The van der Waals surface area contributed by atoms with Gasteiger partial charge < -0.3 is 10.6 Å². The van der Waals surface area contributed by atoms with Gasteiger partial charge >= 0.3 is 0 Å². The van der Waals surface area contributed by atoms with Gasteiger partial charge in [0.2, 0.25) is 5.91 Å². The fourth-order valence-electron chi connectivity index (χ4n) is 2.02. The van der Waals surface area contributed by atoms with Gasteiger partial charge in [-0.25, -0.2) is 0 Å². The van der Waals surface area contributed by atoms with Crippen LogP contribution in [0.5, 0.6) is 0 Å². The van der Waals surface area contributed by atoms with Crippen LogP contribution in [0.3, 0.4) is 0 Å². The van der Waals surface area contributed by atoms with Crippen LogP contribution in [0.2, 0.25) is 0 Å². The van der Waals surface area contributed by atoms with Gasteiger partial charge in [0.05, 0.1) is 17.9 Å². The third-order valence-corrected chi connectivity index (χ3v) is 3.31. The highest BCUT2D eigenvalue weighted by atomic mass is 16.2. The fraction of sp³-hybridized carbons (Fsp3) is 0.833. The molecule has 2 unspecified atom stereocenters. The van der Waals surface area contributed by atoms with Crippen LogP contribution in [0.4, 0.5) is 0 Å². The number of nitriles is 1. The first-order valence-electron chi connectivity index (χ1n) is 6.01. The Morgan fingerprint density at radius 3 is 2.94 bits per heavy atom. The monoisotopic (exact) mass is 223 g/mol. The van der Waals surface area contributed by atoms with E-state index in [4.69, 9.17) is 5.26 Å². The zero-order valence-electron chi connectivity index (χ0n) is 10.2. The van der Waals surface area contributed by atoms with Crippen molar-refractivity contribution < 1.29 is 4.79 Å². The normalized spacial score (nSPS) is 26.8. The standard InChI is InChI=1S/C12H21N3O/c1-3-10(5-7-13)15-11(16)12(2)6-4-8-14-9-12/h10,14H,3-6,8-9H2,1-2H3,(H,15,16). The molecule has 4 nitrogen and oxygen atoms in total. The lowest BCUT2D eigenvalue weighted by molar-refractivity contribution is -0.131. The largest absolute Gasteiger partial charge is 0.352 e. The van der Waals surface area contributed by atoms with Crippen LogP contribution in [0.1, 0.15) is 39.5 Å². The Kier molecular flexibility index (Phi) is 4.75. The van der Waals surface area contributed by atoms with Gasteiger partial charge in [-0.05, 0) is 32.7 Å². The highest BCUT2D eigenvalue weighted by Crippen LogP contribution is 2.25. The molecule has 0 aliphatic carbocycles. The van der Waals surface area contributed by atoms with Gasteiger partial charge in [0, 0.05) is 12.6 Å². The molecule has 0 radical (unpaired) electrons. The third-order valence-electron chi connectivity index (χ3n) is 3.31. The van der Waals surface area contributed by atoms with Crippen molar-refractivity contribution in [1.82, 2.24) is 10.6 Å². The minimum absolute atomic E-state index is 0.00347. The Hall–Kier alpha value is -1.08. The molecule has 16 heavy (non-hydrogen) atoms. The van der Waals surface area contributed by atoms with E-state index in [9.17, 15) is 4.79 Å². The van der Waals surface area contributed by atoms with E-state index in [0.717, 1.165) is 32.4 Å². The summed E-state index contributed by atoms with van der Waals surface area (Å²) >= 11 is 0. The average molecular weight is 223 g/mol. The lowest BCUT2D eigenvalue weighted by atomic mass is 9.81. The fourth-order valence-corrected chi connectivity index (χ4v) is 2.02. The highest BCUT2D eigenvalue weighted by Gasteiger charge is 2.35. The van der Waals surface area contributed by atoms with E-state index < -0.39 is 0 Å². The van der Waals surface area contributed by atoms with Crippen molar-refractivity contribution in [3.05, 3.63) is 0 Å². The smallest absolute Gasteiger partial charge is 0.227 e. The molecule has 1 amide bonds. The SMILES string of the molecule is CCC(CC#N)NC(=O)C1(C)CCCNC1. The maximum absolute atomic E-state index is 12.1. The number of piperidine rings is 1. The molecule has 1 saturated heterocycles. The maximum atomic E-state index is 12.1. The summed E-state index contributed by atoms with van der Waals surface area (Å²) in [5.74, 6) is 0.0850. The van der Waals surface area contributed by atoms with Crippen LogP contribution >= 0.6 is 0 Å². The molecule has 0 aromatic rings. The molecule has 1 aliphatic rings. The van der Waals surface area contributed by atoms with Gasteiger partial charge in [0.1, 0.15) is 0 Å². The number of amides is 1. The van der Waals surface area contributed by atoms with Crippen LogP contribution < -0.4 is 10.6 Å². The van der Waals surface area contributed by atoms with Crippen molar-refractivity contribution in [2.45, 2.75) is 45.6 Å². The molecule has 0 aromatic heterocycles. The summed E-state index contributed by atoms with van der Waals surface area (Å²) in [7, 11) is 0. The summed E-state index contributed by atoms with van der Waals surface area (Å²) in [6.07, 6.45) is 3.17. The summed E-state index contributed by atoms with van der Waals surface area (Å²) in [6, 6.07) is 2.11. The van der Waals surface area contributed by atoms with Crippen molar-refractivity contribution in [2.24, 2.45) is 5.41 Å². The number of nitrogens with zero attached hydrogens (tertiary/aromatic N) is 1. The van der Waals surface area contributed by atoms with E-state index in [-0.39, 0.29) is 17.4 Å². The van der Waals surface area contributed by atoms with Gasteiger partial charge in [-0.1, -0.05) is 6.92 Å². The predicted octanol–water partition coefficient (Wildman–Crippen LogP) is 1.18. The number of carbonyl (C=O) groups is 1. The number of hydrogen-bond donors (Lipinski definition) is 2. The summed E-state index contributed by atoms with van der Waals surface area (Å²) in [5.41, 5.74) is -0.304. The quantitative estimate of drug-likeness (QED) is 0.752. The zero-order valence-corrected chi connectivity index (χ0v) is 10.2. The minimum Gasteiger partial charge on any atom is -0.352 e. The number of nitrogens with one attached hydrogen (secondary N) is 2. The molecule has 1 aliphatic heterocycles. The van der Waals surface area contributed by atoms with Crippen LogP contribution in [0.15, 0.2) is 0 Å². The van der Waals surface area contributed by atoms with Crippen molar-refractivity contribution in [1.29, 1.82) is 5.26 Å². The van der Waals surface area contributed by atoms with Crippen molar-refractivity contribution in [3.8, 4) is 6.07 Å². The van der Waals surface area contributed by atoms with E-state index in [1.54, 1.807) is 0 Å². The molecule has 90 valence electrons. The van der Waals surface area contributed by atoms with Crippen LogP contribution in [0, 0.1) is 16.7 Å². The second kappa shape index (κ2) is 5.86. The third kappa shape index (κ3) is 3.21. The van der Waals surface area contributed by atoms with E-state index in [2.05, 4.69) is 16.7 Å². The van der Waals surface area contributed by atoms with Crippen molar-refractivity contribution in [3.63, 3.8) is 0 Å². The highest BCUT2D eigenvalue weighted by molar-refractivity contribution is 5.82. The average Bonchev–Trinajstić information content (AvgIpc) is 2.29. The predicted molar refractivity (Wildman–Crippen MR) is 62.7 cm³/mol. The topological polar surface area (TPSA) is 64.9 Å². The number of carbonyl (C=O) groups excluding carboxylic acids is 1. The van der Waals surface area contributed by atoms with Gasteiger partial charge in [0.25, 0.3) is 0 Å². The Bertz CT molecular complexity index is 276. The lowest BCUT2D eigenvalue weighted by Crippen LogP contribution is -2.51. The molecule has 2 N–H and O–H groups in total. The lowest BCUT2D eigenvalue weighted by Gasteiger charge is -2.33. The van der Waals surface area contributed by atoms with Crippen molar-refractivity contribution in [2.75, 3.05) is 13.1 Å². The first-order chi connectivity index (χ1) is 7.62. The Morgan fingerprint density at radius 2 is 2.44 bits per heavy atom. The molecule has 1 fully saturated rings. The van der Waals surface area contributed by atoms with Crippen LogP contribution in [-0.4, -0.2) is 25.0 Å². The second-order valence-electron chi connectivity index (χ2n) is 4.78. The summed E-state index contributed by atoms with van der Waals surface area (Å²) in [5, 5.41) is 14.9. The van der Waals surface area contributed by atoms with Gasteiger partial charge in [0.15, 0.2) is 0 Å². The van der Waals surface area contributed by atoms with Crippen molar-refractivity contribution >= 4 is 5.91 Å². The van der Waals surface area contributed by atoms with E-state index in [1.807, 2.05) is 13.8 Å². The van der Waals surface area contributed by atoms with Crippen LogP contribution in [-0.2, 0) is 4.79 Å². The molecule has 0 spiro atoms. The number of rotatable bonds is 4. The molecule has 0 aromatic carbocycles. The molecule has 4 heteroatoms. The van der Waals surface area contributed by atoms with E-state index >= 15 is 0 Å². The Balaban J connectivity index is 2.52. The molecule has 0 saturated carbocycles. The minimum atomic E-state index is -0.304. The first-order valence-corrected chi connectivity index (χ1v) is 6.01. The first kappa shape index (κ1) is 13.0. The second-order valence-corrected chi connectivity index (χ2v) is 4.78. The van der Waals surface area contributed by atoms with E-state index in [1.165, 1.54) is 0 Å². The van der Waals surface area contributed by atoms with Gasteiger partial charge in [-0.2, -0.15) is 5.26 Å². The number of hydrogen-bond acceptors (Lipinski definition) is 3. The summed E-state index contributed by atoms with van der Waals surface area (Å²) < 4.78 is 0. The summed E-state index contributed by atoms with van der Waals surface area (Å²) in [6.45, 7) is 5.72. The molecule has 0 bridgehead atoms. The zero-order chi connectivity index (χ0) is 12.0. The van der Waals surface area contributed by atoms with Gasteiger partial charge in [-0.3, -0.25) is 4.79 Å². The Morgan fingerprint density at radius 1 is 1.69 bits per heavy atom. The summed E-state index contributed by atoms with van der Waals surface area (Å²) in [4.78, 5) is 12.1. The molecular formula is C12H21N3O. The molecular weight excluding hydrogens is 202 g/mol. The Labute approximate surface area is 97.4 Å². The van der Waals surface area contributed by atoms with Gasteiger partial charge in [-0.15, -0.1) is 0 Å². The molecule has 1 heterocycles. The maximum Gasteiger partial charge on any atom is 0.227 e. The molecule has 2 atom stereocenters. The van der Waals surface area contributed by atoms with Crippen LogP contribution in [0.25, 0.3) is 0 Å².